The lowest BCUT2D eigenvalue weighted by Gasteiger charge is -2.07. The second kappa shape index (κ2) is 4.28. The van der Waals surface area contributed by atoms with Crippen molar-refractivity contribution in [2.24, 2.45) is 0 Å². The Hall–Kier alpha value is -1.61. The molecule has 3 heteroatoms. The monoisotopic (exact) mass is 204 g/mol. The molecule has 0 saturated heterocycles. The Morgan fingerprint density at radius 3 is 2.93 bits per heavy atom. The molecule has 0 atom stereocenters. The van der Waals surface area contributed by atoms with Crippen LogP contribution in [-0.4, -0.2) is 12.9 Å². The Labute approximate surface area is 88.0 Å². The van der Waals surface area contributed by atoms with E-state index in [9.17, 15) is 4.79 Å². The average Bonchev–Trinajstić information content (AvgIpc) is 2.69. The molecule has 1 aliphatic carbocycles. The van der Waals surface area contributed by atoms with Crippen molar-refractivity contribution in [1.82, 2.24) is 0 Å². The lowest BCUT2D eigenvalue weighted by Crippen LogP contribution is -1.94. The summed E-state index contributed by atoms with van der Waals surface area (Å²) in [6.45, 7) is 3.12. The molecular formula is C12H12O3. The molecule has 0 aromatic carbocycles. The lowest BCUT2D eigenvalue weighted by atomic mass is 10.1. The first-order chi connectivity index (χ1) is 7.36. The van der Waals surface area contributed by atoms with E-state index in [-0.39, 0.29) is 0 Å². The van der Waals surface area contributed by atoms with Crippen LogP contribution in [-0.2, 0) is 11.3 Å². The Bertz CT molecular complexity index is 431. The number of carbonyl (C=O) groups is 1. The van der Waals surface area contributed by atoms with Gasteiger partial charge >= 0.3 is 0 Å². The van der Waals surface area contributed by atoms with Crippen LogP contribution in [0.25, 0.3) is 11.1 Å². The zero-order valence-electron chi connectivity index (χ0n) is 8.53. The van der Waals surface area contributed by atoms with Crippen LogP contribution in [0.1, 0.15) is 22.8 Å². The molecule has 0 spiro atoms. The standard InChI is InChI=1S/C12H12O3/c1-2-14-6-10-7-15-8-12-9(5-13)3-4-11(10)12/h3-5,7-8H,2,6H2,1H3. The minimum Gasteiger partial charge on any atom is -0.472 e. The molecule has 15 heavy (non-hydrogen) atoms. The smallest absolute Gasteiger partial charge is 0.150 e. The molecule has 0 saturated carbocycles. The number of fused-ring (bicyclic) bond motifs is 1. The highest BCUT2D eigenvalue weighted by molar-refractivity contribution is 5.90. The van der Waals surface area contributed by atoms with Gasteiger partial charge in [0.1, 0.15) is 0 Å². The third kappa shape index (κ3) is 1.78. The maximum Gasteiger partial charge on any atom is 0.150 e. The molecule has 2 aliphatic rings. The van der Waals surface area contributed by atoms with Gasteiger partial charge in [-0.3, -0.25) is 4.79 Å². The van der Waals surface area contributed by atoms with Crippen molar-refractivity contribution in [3.63, 3.8) is 0 Å². The van der Waals surface area contributed by atoms with Gasteiger partial charge in [-0.25, -0.2) is 0 Å². The molecule has 0 bridgehead atoms. The van der Waals surface area contributed by atoms with Crippen LogP contribution in [0, 0.1) is 0 Å². The Kier molecular flexibility index (Phi) is 2.83. The average molecular weight is 204 g/mol. The molecule has 0 N–H and O–H groups in total. The summed E-state index contributed by atoms with van der Waals surface area (Å²) < 4.78 is 10.5. The van der Waals surface area contributed by atoms with Gasteiger partial charge in [0.2, 0.25) is 0 Å². The lowest BCUT2D eigenvalue weighted by molar-refractivity contribution is 0.112. The molecule has 0 fully saturated rings. The number of hydrogen-bond donors (Lipinski definition) is 0. The fourth-order valence-corrected chi connectivity index (χ4v) is 1.59. The van der Waals surface area contributed by atoms with E-state index in [1.165, 1.54) is 0 Å². The van der Waals surface area contributed by atoms with Crippen LogP contribution >= 0.6 is 0 Å². The Balaban J connectivity index is 2.38. The first-order valence-electron chi connectivity index (χ1n) is 4.87. The molecule has 1 aliphatic heterocycles. The third-order valence-electron chi connectivity index (χ3n) is 2.36. The summed E-state index contributed by atoms with van der Waals surface area (Å²) in [7, 11) is 0. The van der Waals surface area contributed by atoms with Gasteiger partial charge in [0.05, 0.1) is 19.1 Å². The maximum absolute atomic E-state index is 10.7. The van der Waals surface area contributed by atoms with E-state index in [1.807, 2.05) is 13.0 Å². The van der Waals surface area contributed by atoms with E-state index in [4.69, 9.17) is 9.15 Å². The fraction of sp³-hybridized carbons (Fsp3) is 0.250. The highest BCUT2D eigenvalue weighted by atomic mass is 16.5. The summed E-state index contributed by atoms with van der Waals surface area (Å²) in [5.41, 5.74) is 3.51. The molecule has 3 nitrogen and oxygen atoms in total. The highest BCUT2D eigenvalue weighted by Crippen LogP contribution is 2.30. The molecule has 0 radical (unpaired) electrons. The number of ether oxygens (including phenoxy) is 1. The molecule has 0 aromatic heterocycles. The van der Waals surface area contributed by atoms with Crippen molar-refractivity contribution in [2.75, 3.05) is 6.61 Å². The zero-order chi connectivity index (χ0) is 10.7. The van der Waals surface area contributed by atoms with Gasteiger partial charge in [0, 0.05) is 23.3 Å². The Morgan fingerprint density at radius 2 is 2.20 bits per heavy atom. The topological polar surface area (TPSA) is 39.4 Å². The van der Waals surface area contributed by atoms with E-state index >= 15 is 0 Å². The van der Waals surface area contributed by atoms with Gasteiger partial charge in [-0.2, -0.15) is 0 Å². The van der Waals surface area contributed by atoms with Gasteiger partial charge in [-0.15, -0.1) is 0 Å². The number of carbonyl (C=O) groups excluding carboxylic acids is 1. The van der Waals surface area contributed by atoms with Gasteiger partial charge in [-0.1, -0.05) is 12.1 Å². The van der Waals surface area contributed by atoms with Crippen molar-refractivity contribution < 1.29 is 13.9 Å². The van der Waals surface area contributed by atoms with Gasteiger partial charge in [-0.05, 0) is 12.5 Å². The van der Waals surface area contributed by atoms with Crippen molar-refractivity contribution in [3.8, 4) is 11.1 Å². The zero-order valence-corrected chi connectivity index (χ0v) is 8.53. The van der Waals surface area contributed by atoms with Crippen molar-refractivity contribution >= 4 is 6.29 Å². The normalized spacial score (nSPS) is 10.7. The first kappa shape index (κ1) is 9.93. The predicted molar refractivity (Wildman–Crippen MR) is 56.0 cm³/mol. The SMILES string of the molecule is CCOCc1cocc2c(C=O)ccc1-2. The molecule has 2 rings (SSSR count). The van der Waals surface area contributed by atoms with Crippen LogP contribution in [0.5, 0.6) is 0 Å². The largest absolute Gasteiger partial charge is 0.472 e. The second-order valence-corrected chi connectivity index (χ2v) is 3.27. The van der Waals surface area contributed by atoms with Crippen molar-refractivity contribution in [2.45, 2.75) is 13.5 Å². The van der Waals surface area contributed by atoms with Crippen LogP contribution < -0.4 is 0 Å². The van der Waals surface area contributed by atoms with Gasteiger partial charge < -0.3 is 9.15 Å². The van der Waals surface area contributed by atoms with E-state index < -0.39 is 0 Å². The summed E-state index contributed by atoms with van der Waals surface area (Å²) in [5.74, 6) is 0. The summed E-state index contributed by atoms with van der Waals surface area (Å²) in [6.07, 6.45) is 4.09. The predicted octanol–water partition coefficient (Wildman–Crippen LogP) is 2.73. The first-order valence-corrected chi connectivity index (χ1v) is 4.87. The van der Waals surface area contributed by atoms with Crippen molar-refractivity contribution in [3.05, 3.63) is 35.8 Å². The molecule has 78 valence electrons. The number of rotatable bonds is 4. The van der Waals surface area contributed by atoms with E-state index in [2.05, 4.69) is 0 Å². The van der Waals surface area contributed by atoms with E-state index in [0.29, 0.717) is 18.8 Å². The van der Waals surface area contributed by atoms with Gasteiger partial charge in [0.15, 0.2) is 6.29 Å². The fourth-order valence-electron chi connectivity index (χ4n) is 1.59. The molecule has 1 heterocycles. The Morgan fingerprint density at radius 1 is 1.33 bits per heavy atom. The number of aldehydes is 1. The molecule has 0 amide bonds. The van der Waals surface area contributed by atoms with Crippen LogP contribution in [0.3, 0.4) is 0 Å². The van der Waals surface area contributed by atoms with Crippen LogP contribution in [0.2, 0.25) is 0 Å². The number of hydrogen-bond acceptors (Lipinski definition) is 3. The molecule has 0 unspecified atom stereocenters. The maximum atomic E-state index is 10.7. The highest BCUT2D eigenvalue weighted by Gasteiger charge is 2.13. The minimum absolute atomic E-state index is 0.514. The van der Waals surface area contributed by atoms with E-state index in [1.54, 1.807) is 18.6 Å². The summed E-state index contributed by atoms with van der Waals surface area (Å²) in [6, 6.07) is 3.71. The summed E-state index contributed by atoms with van der Waals surface area (Å²) >= 11 is 0. The van der Waals surface area contributed by atoms with Crippen LogP contribution in [0.4, 0.5) is 0 Å². The third-order valence-corrected chi connectivity index (χ3v) is 2.36. The quantitative estimate of drug-likeness (QED) is 0.719. The summed E-state index contributed by atoms with van der Waals surface area (Å²) in [5, 5.41) is 0. The van der Waals surface area contributed by atoms with Crippen molar-refractivity contribution in [1.29, 1.82) is 0 Å². The second-order valence-electron chi connectivity index (χ2n) is 3.27. The van der Waals surface area contributed by atoms with Crippen LogP contribution in [0.15, 0.2) is 29.1 Å². The summed E-state index contributed by atoms with van der Waals surface area (Å²) in [4.78, 5) is 10.7. The molecule has 0 aromatic rings. The van der Waals surface area contributed by atoms with Gasteiger partial charge in [0.25, 0.3) is 0 Å². The van der Waals surface area contributed by atoms with E-state index in [0.717, 1.165) is 23.0 Å². The molecular weight excluding hydrogens is 192 g/mol. The minimum atomic E-state index is 0.514.